The Hall–Kier alpha value is -2.77. The molecular weight excluding hydrogens is 308 g/mol. The van der Waals surface area contributed by atoms with Gasteiger partial charge in [-0.15, -0.1) is 0 Å². The molecule has 0 aliphatic carbocycles. The first kappa shape index (κ1) is 16.6. The first-order chi connectivity index (χ1) is 10.8. The molecule has 0 saturated heterocycles. The third kappa shape index (κ3) is 3.36. The van der Waals surface area contributed by atoms with Gasteiger partial charge >= 0.3 is 0 Å². The molecule has 1 heterocycles. The van der Waals surface area contributed by atoms with Crippen molar-refractivity contribution in [3.05, 3.63) is 52.4 Å². The van der Waals surface area contributed by atoms with Gasteiger partial charge in [-0.3, -0.25) is 9.59 Å². The number of halogens is 2. The van der Waals surface area contributed by atoms with E-state index < -0.39 is 29.5 Å². The maximum atomic E-state index is 13.4. The van der Waals surface area contributed by atoms with Crippen molar-refractivity contribution in [3.63, 3.8) is 0 Å². The van der Waals surface area contributed by atoms with Crippen LogP contribution in [0, 0.1) is 25.5 Å². The molecule has 1 aromatic heterocycles. The van der Waals surface area contributed by atoms with Crippen LogP contribution < -0.4 is 10.6 Å². The van der Waals surface area contributed by atoms with Crippen molar-refractivity contribution < 1.29 is 22.9 Å². The van der Waals surface area contributed by atoms with Crippen LogP contribution in [0.3, 0.4) is 0 Å². The molecule has 0 bridgehead atoms. The Bertz CT molecular complexity index is 739. The molecule has 122 valence electrons. The Balaban J connectivity index is 2.34. The molecule has 6 nitrogen and oxygen atoms in total. The van der Waals surface area contributed by atoms with Crippen molar-refractivity contribution in [1.82, 2.24) is 15.8 Å². The Kier molecular flexibility index (Phi) is 4.73. The Morgan fingerprint density at radius 1 is 1.22 bits per heavy atom. The van der Waals surface area contributed by atoms with Crippen LogP contribution in [0.2, 0.25) is 0 Å². The first-order valence-electron chi connectivity index (χ1n) is 6.75. The van der Waals surface area contributed by atoms with E-state index in [0.717, 1.165) is 12.1 Å². The lowest BCUT2D eigenvalue weighted by atomic mass is 10.0. The highest BCUT2D eigenvalue weighted by molar-refractivity contribution is 5.99. The minimum absolute atomic E-state index is 0.114. The number of carbonyl (C=O) groups excluding carboxylic acids is 2. The third-order valence-electron chi connectivity index (χ3n) is 3.32. The number of amides is 2. The quantitative estimate of drug-likeness (QED) is 0.898. The minimum Gasteiger partial charge on any atom is -0.361 e. The maximum absolute atomic E-state index is 13.4. The van der Waals surface area contributed by atoms with Gasteiger partial charge in [0.2, 0.25) is 5.91 Å². The second kappa shape index (κ2) is 6.55. The van der Waals surface area contributed by atoms with Gasteiger partial charge in [-0.25, -0.2) is 8.78 Å². The molecule has 0 spiro atoms. The summed E-state index contributed by atoms with van der Waals surface area (Å²) in [5.74, 6) is -3.03. The summed E-state index contributed by atoms with van der Waals surface area (Å²) in [5, 5.41) is 8.51. The molecule has 1 atom stereocenters. The first-order valence-corrected chi connectivity index (χ1v) is 6.75. The summed E-state index contributed by atoms with van der Waals surface area (Å²) in [4.78, 5) is 24.3. The van der Waals surface area contributed by atoms with Crippen LogP contribution >= 0.6 is 0 Å². The fourth-order valence-electron chi connectivity index (χ4n) is 2.15. The predicted octanol–water partition coefficient (Wildman–Crippen LogP) is 1.79. The van der Waals surface area contributed by atoms with Gasteiger partial charge in [-0.1, -0.05) is 11.2 Å². The number of nitrogens with zero attached hydrogens (tertiary/aromatic N) is 1. The number of hydrogen-bond acceptors (Lipinski definition) is 4. The third-order valence-corrected chi connectivity index (χ3v) is 3.32. The molecule has 0 aliphatic rings. The van der Waals surface area contributed by atoms with E-state index in [4.69, 9.17) is 4.52 Å². The largest absolute Gasteiger partial charge is 0.361 e. The molecule has 2 N–H and O–H groups in total. The van der Waals surface area contributed by atoms with E-state index in [0.29, 0.717) is 11.5 Å². The van der Waals surface area contributed by atoms with E-state index in [-0.39, 0.29) is 11.1 Å². The molecule has 2 amide bonds. The van der Waals surface area contributed by atoms with Crippen molar-refractivity contribution in [3.8, 4) is 0 Å². The highest BCUT2D eigenvalue weighted by atomic mass is 19.2. The fraction of sp³-hybridized carbons (Fsp3) is 0.267. The number of nitrogens with one attached hydrogen (secondary N) is 2. The van der Waals surface area contributed by atoms with Gasteiger partial charge < -0.3 is 15.2 Å². The molecule has 1 aromatic carbocycles. The number of likely N-dealkylation sites (N-methyl/N-ethyl adjacent to an activating group) is 1. The summed E-state index contributed by atoms with van der Waals surface area (Å²) in [5.41, 5.74) is 0.672. The van der Waals surface area contributed by atoms with Crippen molar-refractivity contribution in [1.29, 1.82) is 0 Å². The lowest BCUT2D eigenvalue weighted by molar-refractivity contribution is -0.122. The second-order valence-electron chi connectivity index (χ2n) is 4.89. The highest BCUT2D eigenvalue weighted by Gasteiger charge is 2.26. The van der Waals surface area contributed by atoms with E-state index in [9.17, 15) is 18.4 Å². The zero-order valence-electron chi connectivity index (χ0n) is 12.7. The molecule has 0 saturated carbocycles. The van der Waals surface area contributed by atoms with E-state index in [1.807, 2.05) is 0 Å². The summed E-state index contributed by atoms with van der Waals surface area (Å²) in [6.45, 7) is 3.14. The molecule has 0 aliphatic heterocycles. The topological polar surface area (TPSA) is 84.2 Å². The zero-order chi connectivity index (χ0) is 17.1. The van der Waals surface area contributed by atoms with Crippen molar-refractivity contribution in [2.75, 3.05) is 7.05 Å². The number of rotatable bonds is 4. The number of aryl methyl sites for hydroxylation is 2. The van der Waals surface area contributed by atoms with E-state index in [2.05, 4.69) is 15.8 Å². The Morgan fingerprint density at radius 3 is 2.43 bits per heavy atom. The molecule has 2 rings (SSSR count). The summed E-state index contributed by atoms with van der Waals surface area (Å²) in [6.07, 6.45) is 0. The fourth-order valence-corrected chi connectivity index (χ4v) is 2.15. The number of aromatic nitrogens is 1. The smallest absolute Gasteiger partial charge is 0.257 e. The average Bonchev–Trinajstić information content (AvgIpc) is 2.86. The van der Waals surface area contributed by atoms with Crippen LogP contribution in [0.5, 0.6) is 0 Å². The van der Waals surface area contributed by atoms with Gasteiger partial charge in [0.15, 0.2) is 11.6 Å². The van der Waals surface area contributed by atoms with Crippen LogP contribution in [0.25, 0.3) is 0 Å². The lowest BCUT2D eigenvalue weighted by Gasteiger charge is -2.18. The molecule has 0 unspecified atom stereocenters. The number of benzene rings is 1. The van der Waals surface area contributed by atoms with Gasteiger partial charge in [0.05, 0.1) is 5.69 Å². The Morgan fingerprint density at radius 2 is 1.91 bits per heavy atom. The summed E-state index contributed by atoms with van der Waals surface area (Å²) >= 11 is 0. The molecule has 0 radical (unpaired) electrons. The van der Waals surface area contributed by atoms with Crippen LogP contribution in [-0.4, -0.2) is 24.0 Å². The summed E-state index contributed by atoms with van der Waals surface area (Å²) in [7, 11) is 1.37. The normalized spacial score (nSPS) is 11.9. The van der Waals surface area contributed by atoms with Gasteiger partial charge in [0.1, 0.15) is 17.4 Å². The molecular formula is C15H15F2N3O3. The SMILES string of the molecule is CNC(=O)[C@H](NC(=O)c1c(C)noc1C)c1ccc(F)c(F)c1. The molecule has 8 heteroatoms. The summed E-state index contributed by atoms with van der Waals surface area (Å²) < 4.78 is 31.4. The van der Waals surface area contributed by atoms with Crippen LogP contribution in [0.15, 0.2) is 22.7 Å². The van der Waals surface area contributed by atoms with Gasteiger partial charge in [-0.05, 0) is 31.5 Å². The van der Waals surface area contributed by atoms with Crippen LogP contribution in [0.1, 0.15) is 33.4 Å². The van der Waals surface area contributed by atoms with Gasteiger partial charge in [0, 0.05) is 7.05 Å². The predicted molar refractivity (Wildman–Crippen MR) is 76.6 cm³/mol. The van der Waals surface area contributed by atoms with Gasteiger partial charge in [0.25, 0.3) is 5.91 Å². The van der Waals surface area contributed by atoms with Crippen molar-refractivity contribution in [2.24, 2.45) is 0 Å². The molecule has 2 aromatic rings. The minimum atomic E-state index is -1.18. The Labute approximate surface area is 130 Å². The van der Waals surface area contributed by atoms with Crippen LogP contribution in [-0.2, 0) is 4.79 Å². The maximum Gasteiger partial charge on any atom is 0.257 e. The molecule has 0 fully saturated rings. The van der Waals surface area contributed by atoms with Crippen LogP contribution in [0.4, 0.5) is 8.78 Å². The zero-order valence-corrected chi connectivity index (χ0v) is 12.7. The van der Waals surface area contributed by atoms with E-state index in [1.54, 1.807) is 13.8 Å². The monoisotopic (exact) mass is 323 g/mol. The molecule has 23 heavy (non-hydrogen) atoms. The second-order valence-corrected chi connectivity index (χ2v) is 4.89. The van der Waals surface area contributed by atoms with E-state index in [1.165, 1.54) is 13.1 Å². The lowest BCUT2D eigenvalue weighted by Crippen LogP contribution is -2.39. The highest BCUT2D eigenvalue weighted by Crippen LogP contribution is 2.19. The average molecular weight is 323 g/mol. The number of hydrogen-bond donors (Lipinski definition) is 2. The van der Waals surface area contributed by atoms with Gasteiger partial charge in [-0.2, -0.15) is 0 Å². The van der Waals surface area contributed by atoms with E-state index >= 15 is 0 Å². The van der Waals surface area contributed by atoms with Crippen molar-refractivity contribution >= 4 is 11.8 Å². The summed E-state index contributed by atoms with van der Waals surface area (Å²) in [6, 6.07) is 1.80. The van der Waals surface area contributed by atoms with Crippen molar-refractivity contribution in [2.45, 2.75) is 19.9 Å². The number of carbonyl (C=O) groups is 2. The standard InChI is InChI=1S/C15H15F2N3O3/c1-7-12(8(2)23-20-7)14(21)19-13(15(22)18-3)9-4-5-10(16)11(17)6-9/h4-6,13H,1-3H3,(H,18,22)(H,19,21)/t13-/m1/s1.